The molecule has 1 spiro atoms. The van der Waals surface area contributed by atoms with Gasteiger partial charge in [-0.25, -0.2) is 0 Å². The van der Waals surface area contributed by atoms with E-state index in [4.69, 9.17) is 4.74 Å². The number of likely N-dealkylation sites (N-methyl/N-ethyl adjacent to an activating group) is 1. The highest BCUT2D eigenvalue weighted by Crippen LogP contribution is 2.56. The Kier molecular flexibility index (Phi) is 2.85. The molecule has 0 radical (unpaired) electrons. The molecule has 0 saturated carbocycles. The summed E-state index contributed by atoms with van der Waals surface area (Å²) in [5.41, 5.74) is 1.01. The molecule has 1 amide bonds. The fraction of sp³-hybridized carbons (Fsp3) is 0.529. The van der Waals surface area contributed by atoms with Crippen LogP contribution in [0.5, 0.6) is 0 Å². The molecule has 3 heterocycles. The third-order valence-electron chi connectivity index (χ3n) is 5.63. The summed E-state index contributed by atoms with van der Waals surface area (Å²) in [4.78, 5) is 29.6. The second kappa shape index (κ2) is 4.56. The molecule has 0 bridgehead atoms. The number of para-hydroxylation sites is 1. The largest absolute Gasteiger partial charge is 0.469 e. The van der Waals surface area contributed by atoms with Gasteiger partial charge in [0, 0.05) is 24.3 Å². The van der Waals surface area contributed by atoms with Crippen LogP contribution < -0.4 is 4.90 Å². The second-order valence-corrected chi connectivity index (χ2v) is 6.45. The van der Waals surface area contributed by atoms with Gasteiger partial charge in [-0.2, -0.15) is 0 Å². The van der Waals surface area contributed by atoms with Crippen molar-refractivity contribution >= 4 is 17.6 Å². The van der Waals surface area contributed by atoms with Crippen molar-refractivity contribution in [2.24, 2.45) is 5.92 Å². The molecular weight excluding hydrogens is 280 g/mol. The smallest absolute Gasteiger partial charge is 0.311 e. The number of carbonyl (C=O) groups excluding carboxylic acids is 2. The second-order valence-electron chi connectivity index (χ2n) is 6.45. The summed E-state index contributed by atoms with van der Waals surface area (Å²) in [7, 11) is 3.21. The first-order chi connectivity index (χ1) is 10.6. The van der Waals surface area contributed by atoms with Crippen molar-refractivity contribution < 1.29 is 14.3 Å². The average molecular weight is 300 g/mol. The Morgan fingerprint density at radius 1 is 1.36 bits per heavy atom. The molecule has 5 heteroatoms. The van der Waals surface area contributed by atoms with Gasteiger partial charge in [0.05, 0.1) is 13.0 Å². The van der Waals surface area contributed by atoms with E-state index in [0.29, 0.717) is 12.5 Å². The Morgan fingerprint density at radius 2 is 2.14 bits per heavy atom. The lowest BCUT2D eigenvalue weighted by atomic mass is 9.79. The van der Waals surface area contributed by atoms with E-state index in [0.717, 1.165) is 30.6 Å². The molecule has 4 rings (SSSR count). The van der Waals surface area contributed by atoms with Gasteiger partial charge in [0.15, 0.2) is 0 Å². The van der Waals surface area contributed by atoms with Crippen molar-refractivity contribution in [3.63, 3.8) is 0 Å². The highest BCUT2D eigenvalue weighted by Gasteiger charge is 2.67. The number of hydrogen-bond acceptors (Lipinski definition) is 4. The molecule has 1 aromatic rings. The Balaban J connectivity index is 1.96. The number of esters is 1. The van der Waals surface area contributed by atoms with Crippen molar-refractivity contribution in [3.8, 4) is 0 Å². The maximum atomic E-state index is 13.2. The first kappa shape index (κ1) is 13.8. The number of fused-ring (bicyclic) bond motifs is 4. The van der Waals surface area contributed by atoms with E-state index in [1.165, 1.54) is 7.11 Å². The molecule has 0 aromatic heterocycles. The molecule has 3 atom stereocenters. The van der Waals surface area contributed by atoms with E-state index in [-0.39, 0.29) is 11.9 Å². The van der Waals surface area contributed by atoms with Gasteiger partial charge in [-0.05, 0) is 31.9 Å². The van der Waals surface area contributed by atoms with Gasteiger partial charge in [0.1, 0.15) is 5.54 Å². The lowest BCUT2D eigenvalue weighted by molar-refractivity contribution is -0.153. The lowest BCUT2D eigenvalue weighted by Crippen LogP contribution is -2.54. The number of amides is 1. The molecule has 3 aliphatic heterocycles. The first-order valence-electron chi connectivity index (χ1n) is 7.84. The minimum atomic E-state index is -0.862. The van der Waals surface area contributed by atoms with Crippen LogP contribution >= 0.6 is 0 Å². The van der Waals surface area contributed by atoms with Crippen LogP contribution in [0.1, 0.15) is 24.8 Å². The monoisotopic (exact) mass is 300 g/mol. The summed E-state index contributed by atoms with van der Waals surface area (Å²) >= 11 is 0. The highest BCUT2D eigenvalue weighted by atomic mass is 16.5. The highest BCUT2D eigenvalue weighted by molar-refractivity contribution is 6.10. The van der Waals surface area contributed by atoms with E-state index in [2.05, 4.69) is 4.90 Å². The van der Waals surface area contributed by atoms with Gasteiger partial charge < -0.3 is 9.64 Å². The number of nitrogens with zero attached hydrogens (tertiary/aromatic N) is 2. The zero-order valence-electron chi connectivity index (χ0n) is 12.9. The molecular formula is C17H20N2O3. The molecule has 2 fully saturated rings. The van der Waals surface area contributed by atoms with E-state index >= 15 is 0 Å². The minimum Gasteiger partial charge on any atom is -0.469 e. The van der Waals surface area contributed by atoms with Crippen LogP contribution in [-0.2, 0) is 19.9 Å². The van der Waals surface area contributed by atoms with Crippen molar-refractivity contribution in [1.29, 1.82) is 0 Å². The SMILES string of the molecule is COC(=O)[C@@H]1C[C@@H]2CCCN2[C@]12C(=O)N(C)c1ccccc12. The Labute approximate surface area is 129 Å². The molecule has 5 nitrogen and oxygen atoms in total. The van der Waals surface area contributed by atoms with Gasteiger partial charge in [-0.3, -0.25) is 14.5 Å². The maximum Gasteiger partial charge on any atom is 0.311 e. The fourth-order valence-corrected chi connectivity index (χ4v) is 4.78. The van der Waals surface area contributed by atoms with Gasteiger partial charge in [-0.15, -0.1) is 0 Å². The first-order valence-corrected chi connectivity index (χ1v) is 7.84. The van der Waals surface area contributed by atoms with Crippen LogP contribution in [0.4, 0.5) is 5.69 Å². The summed E-state index contributed by atoms with van der Waals surface area (Å²) in [5, 5.41) is 0. The van der Waals surface area contributed by atoms with Crippen LogP contribution in [0.15, 0.2) is 24.3 Å². The van der Waals surface area contributed by atoms with E-state index in [1.54, 1.807) is 11.9 Å². The quantitative estimate of drug-likeness (QED) is 0.738. The lowest BCUT2D eigenvalue weighted by Gasteiger charge is -2.36. The predicted molar refractivity (Wildman–Crippen MR) is 81.4 cm³/mol. The molecule has 1 aromatic carbocycles. The van der Waals surface area contributed by atoms with Gasteiger partial charge >= 0.3 is 5.97 Å². The average Bonchev–Trinajstić information content (AvgIpc) is 3.17. The molecule has 0 aliphatic carbocycles. The van der Waals surface area contributed by atoms with Gasteiger partial charge in [0.25, 0.3) is 5.91 Å². The van der Waals surface area contributed by atoms with Gasteiger partial charge in [-0.1, -0.05) is 18.2 Å². The summed E-state index contributed by atoms with van der Waals surface area (Å²) in [5.74, 6) is -0.678. The molecule has 0 unspecified atom stereocenters. The standard InChI is InChI=1S/C17H20N2O3/c1-18-14-8-4-3-7-12(14)17(16(18)21)13(15(20)22-2)10-11-6-5-9-19(11)17/h3-4,7-8,11,13H,5-6,9-10H2,1-2H3/t11-,13-,17-/m0/s1. The number of rotatable bonds is 1. The Morgan fingerprint density at radius 3 is 2.91 bits per heavy atom. The number of carbonyl (C=O) groups is 2. The number of benzene rings is 1. The van der Waals surface area contributed by atoms with Crippen LogP contribution in [0, 0.1) is 5.92 Å². The summed E-state index contributed by atoms with van der Waals surface area (Å²) in [6.07, 6.45) is 2.84. The van der Waals surface area contributed by atoms with Crippen LogP contribution in [0.25, 0.3) is 0 Å². The number of ether oxygens (including phenoxy) is 1. The minimum absolute atomic E-state index is 0.00787. The predicted octanol–water partition coefficient (Wildman–Crippen LogP) is 1.52. The molecule has 2 saturated heterocycles. The van der Waals surface area contributed by atoms with Crippen molar-refractivity contribution in [2.75, 3.05) is 25.6 Å². The van der Waals surface area contributed by atoms with E-state index < -0.39 is 11.5 Å². The normalized spacial score (nSPS) is 33.4. The Bertz CT molecular complexity index is 659. The third kappa shape index (κ3) is 1.42. The van der Waals surface area contributed by atoms with Gasteiger partial charge in [0.2, 0.25) is 0 Å². The summed E-state index contributed by atoms with van der Waals surface area (Å²) in [6, 6.07) is 8.14. The number of hydrogen-bond donors (Lipinski definition) is 0. The van der Waals surface area contributed by atoms with E-state index in [9.17, 15) is 9.59 Å². The Hall–Kier alpha value is -1.88. The maximum absolute atomic E-state index is 13.2. The molecule has 3 aliphatic rings. The van der Waals surface area contributed by atoms with Crippen LogP contribution in [-0.4, -0.2) is 43.5 Å². The fourth-order valence-electron chi connectivity index (χ4n) is 4.78. The van der Waals surface area contributed by atoms with Crippen LogP contribution in [0.2, 0.25) is 0 Å². The van der Waals surface area contributed by atoms with E-state index in [1.807, 2.05) is 24.3 Å². The van der Waals surface area contributed by atoms with Crippen molar-refractivity contribution in [2.45, 2.75) is 30.8 Å². The summed E-state index contributed by atoms with van der Waals surface area (Å²) in [6.45, 7) is 0.867. The number of methoxy groups -OCH3 is 1. The topological polar surface area (TPSA) is 49.9 Å². The zero-order chi connectivity index (χ0) is 15.5. The zero-order valence-corrected chi connectivity index (χ0v) is 12.9. The number of anilines is 1. The molecule has 22 heavy (non-hydrogen) atoms. The van der Waals surface area contributed by atoms with Crippen molar-refractivity contribution in [3.05, 3.63) is 29.8 Å². The third-order valence-corrected chi connectivity index (χ3v) is 5.63. The van der Waals surface area contributed by atoms with Crippen molar-refractivity contribution in [1.82, 2.24) is 4.90 Å². The molecule has 116 valence electrons. The molecule has 0 N–H and O–H groups in total. The summed E-state index contributed by atoms with van der Waals surface area (Å²) < 4.78 is 5.05. The van der Waals surface area contributed by atoms with Crippen LogP contribution in [0.3, 0.4) is 0 Å².